The molecule has 0 saturated carbocycles. The molecular formula is C24H27N3O2. The van der Waals surface area contributed by atoms with Gasteiger partial charge in [0.05, 0.1) is 7.11 Å². The van der Waals surface area contributed by atoms with Gasteiger partial charge in [0.15, 0.2) is 0 Å². The van der Waals surface area contributed by atoms with Crippen molar-refractivity contribution in [1.29, 1.82) is 0 Å². The fraction of sp³-hybridized carbons (Fsp3) is 0.250. The van der Waals surface area contributed by atoms with Gasteiger partial charge in [-0.05, 0) is 59.9 Å². The van der Waals surface area contributed by atoms with E-state index < -0.39 is 0 Å². The van der Waals surface area contributed by atoms with Crippen molar-refractivity contribution < 1.29 is 9.53 Å². The van der Waals surface area contributed by atoms with Crippen molar-refractivity contribution in [3.63, 3.8) is 0 Å². The molecule has 0 aliphatic carbocycles. The van der Waals surface area contributed by atoms with Crippen LogP contribution in [0.15, 0.2) is 66.9 Å². The van der Waals surface area contributed by atoms with E-state index in [1.54, 1.807) is 19.4 Å². The number of nitrogens with one attached hydrogen (secondary N) is 2. The summed E-state index contributed by atoms with van der Waals surface area (Å²) in [4.78, 5) is 16.7. The zero-order valence-corrected chi connectivity index (χ0v) is 17.1. The Labute approximate surface area is 172 Å². The standard InChI is InChI=1S/C24H27N3O2/c1-17(2)19-7-9-20(10-8-19)27-24(28)23-16-21(12-14-26-23)25-13-11-18-5-4-6-22(15-18)29-3/h4-10,12,14-17H,11,13H2,1-3H3,(H,25,26)(H,27,28). The van der Waals surface area contributed by atoms with E-state index in [1.165, 1.54) is 11.1 Å². The zero-order chi connectivity index (χ0) is 20.6. The molecule has 0 aliphatic heterocycles. The highest BCUT2D eigenvalue weighted by Crippen LogP contribution is 2.18. The van der Waals surface area contributed by atoms with Crippen molar-refractivity contribution >= 4 is 17.3 Å². The lowest BCUT2D eigenvalue weighted by atomic mass is 10.0. The third-order valence-electron chi connectivity index (χ3n) is 4.70. The Bertz CT molecular complexity index is 952. The Kier molecular flexibility index (Phi) is 6.85. The van der Waals surface area contributed by atoms with Crippen molar-refractivity contribution in [2.75, 3.05) is 24.3 Å². The van der Waals surface area contributed by atoms with Gasteiger partial charge in [-0.2, -0.15) is 0 Å². The molecule has 0 atom stereocenters. The topological polar surface area (TPSA) is 63.2 Å². The number of hydrogen-bond donors (Lipinski definition) is 2. The summed E-state index contributed by atoms with van der Waals surface area (Å²) in [5.74, 6) is 1.09. The van der Waals surface area contributed by atoms with E-state index in [0.717, 1.165) is 30.1 Å². The molecule has 0 aliphatic rings. The normalized spacial score (nSPS) is 10.6. The highest BCUT2D eigenvalue weighted by Gasteiger charge is 2.09. The summed E-state index contributed by atoms with van der Waals surface area (Å²) in [5, 5.41) is 6.25. The van der Waals surface area contributed by atoms with Crippen molar-refractivity contribution in [2.24, 2.45) is 0 Å². The third kappa shape index (κ3) is 5.82. The Morgan fingerprint density at radius 1 is 1.03 bits per heavy atom. The van der Waals surface area contributed by atoms with Crippen LogP contribution in [-0.2, 0) is 6.42 Å². The molecule has 3 rings (SSSR count). The fourth-order valence-electron chi connectivity index (χ4n) is 2.99. The largest absolute Gasteiger partial charge is 0.497 e. The first kappa shape index (κ1) is 20.4. The molecule has 2 N–H and O–H groups in total. The number of anilines is 2. The number of ether oxygens (including phenoxy) is 1. The Balaban J connectivity index is 1.57. The second kappa shape index (κ2) is 9.73. The molecule has 3 aromatic rings. The Morgan fingerprint density at radius 3 is 2.55 bits per heavy atom. The summed E-state index contributed by atoms with van der Waals surface area (Å²) in [6.07, 6.45) is 2.49. The van der Waals surface area contributed by atoms with Crippen LogP contribution < -0.4 is 15.4 Å². The highest BCUT2D eigenvalue weighted by atomic mass is 16.5. The predicted octanol–water partition coefficient (Wildman–Crippen LogP) is 5.12. The summed E-state index contributed by atoms with van der Waals surface area (Å²) in [6.45, 7) is 5.03. The molecule has 5 nitrogen and oxygen atoms in total. The van der Waals surface area contributed by atoms with Gasteiger partial charge in [0, 0.05) is 24.1 Å². The molecule has 29 heavy (non-hydrogen) atoms. The minimum absolute atomic E-state index is 0.223. The first-order chi connectivity index (χ1) is 14.0. The molecule has 150 valence electrons. The molecule has 0 bridgehead atoms. The maximum Gasteiger partial charge on any atom is 0.274 e. The van der Waals surface area contributed by atoms with Crippen molar-refractivity contribution in [1.82, 2.24) is 4.98 Å². The molecular weight excluding hydrogens is 362 g/mol. The number of nitrogens with zero attached hydrogens (tertiary/aromatic N) is 1. The number of hydrogen-bond acceptors (Lipinski definition) is 4. The van der Waals surface area contributed by atoms with E-state index in [2.05, 4.69) is 35.5 Å². The first-order valence-corrected chi connectivity index (χ1v) is 9.79. The third-order valence-corrected chi connectivity index (χ3v) is 4.70. The van der Waals surface area contributed by atoms with E-state index in [0.29, 0.717) is 11.6 Å². The van der Waals surface area contributed by atoms with E-state index in [4.69, 9.17) is 4.74 Å². The SMILES string of the molecule is COc1cccc(CCNc2ccnc(C(=O)Nc3ccc(C(C)C)cc3)c2)c1. The zero-order valence-electron chi connectivity index (χ0n) is 17.1. The number of carbonyl (C=O) groups excluding carboxylic acids is 1. The van der Waals surface area contributed by atoms with Gasteiger partial charge in [-0.1, -0.05) is 38.1 Å². The van der Waals surface area contributed by atoms with Crippen LogP contribution in [0, 0.1) is 0 Å². The number of benzene rings is 2. The minimum Gasteiger partial charge on any atom is -0.497 e. The summed E-state index contributed by atoms with van der Waals surface area (Å²) in [6, 6.07) is 19.5. The molecule has 1 aromatic heterocycles. The van der Waals surface area contributed by atoms with Gasteiger partial charge in [0.1, 0.15) is 11.4 Å². The lowest BCUT2D eigenvalue weighted by Crippen LogP contribution is -2.14. The molecule has 5 heteroatoms. The van der Waals surface area contributed by atoms with E-state index >= 15 is 0 Å². The van der Waals surface area contributed by atoms with Crippen LogP contribution >= 0.6 is 0 Å². The van der Waals surface area contributed by atoms with Gasteiger partial charge in [-0.15, -0.1) is 0 Å². The van der Waals surface area contributed by atoms with Gasteiger partial charge in [0.2, 0.25) is 0 Å². The molecule has 0 radical (unpaired) electrons. The lowest BCUT2D eigenvalue weighted by Gasteiger charge is -2.10. The highest BCUT2D eigenvalue weighted by molar-refractivity contribution is 6.03. The van der Waals surface area contributed by atoms with E-state index in [9.17, 15) is 4.79 Å². The number of pyridine rings is 1. The van der Waals surface area contributed by atoms with Crippen molar-refractivity contribution in [3.05, 3.63) is 83.7 Å². The summed E-state index contributed by atoms with van der Waals surface area (Å²) in [5.41, 5.74) is 4.43. The number of methoxy groups -OCH3 is 1. The summed E-state index contributed by atoms with van der Waals surface area (Å²) in [7, 11) is 1.67. The summed E-state index contributed by atoms with van der Waals surface area (Å²) < 4.78 is 5.26. The van der Waals surface area contributed by atoms with Crippen LogP contribution in [-0.4, -0.2) is 24.5 Å². The number of aromatic nitrogens is 1. The van der Waals surface area contributed by atoms with Crippen LogP contribution in [0.25, 0.3) is 0 Å². The van der Waals surface area contributed by atoms with Gasteiger partial charge < -0.3 is 15.4 Å². The Hall–Kier alpha value is -3.34. The van der Waals surface area contributed by atoms with Gasteiger partial charge in [-0.3, -0.25) is 9.78 Å². The molecule has 2 aromatic carbocycles. The number of carbonyl (C=O) groups is 1. The van der Waals surface area contributed by atoms with Crippen LogP contribution in [0.4, 0.5) is 11.4 Å². The lowest BCUT2D eigenvalue weighted by molar-refractivity contribution is 0.102. The fourth-order valence-corrected chi connectivity index (χ4v) is 2.99. The monoisotopic (exact) mass is 389 g/mol. The molecule has 0 spiro atoms. The van der Waals surface area contributed by atoms with Crippen molar-refractivity contribution in [3.8, 4) is 5.75 Å². The maximum atomic E-state index is 12.5. The summed E-state index contributed by atoms with van der Waals surface area (Å²) >= 11 is 0. The average Bonchev–Trinajstić information content (AvgIpc) is 2.74. The molecule has 0 fully saturated rings. The number of rotatable bonds is 8. The van der Waals surface area contributed by atoms with Crippen LogP contribution in [0.1, 0.15) is 41.4 Å². The maximum absolute atomic E-state index is 12.5. The van der Waals surface area contributed by atoms with Gasteiger partial charge in [0.25, 0.3) is 5.91 Å². The quantitative estimate of drug-likeness (QED) is 0.561. The Morgan fingerprint density at radius 2 is 1.83 bits per heavy atom. The van der Waals surface area contributed by atoms with Gasteiger partial charge in [-0.25, -0.2) is 0 Å². The van der Waals surface area contributed by atoms with Crippen molar-refractivity contribution in [2.45, 2.75) is 26.2 Å². The molecule has 0 saturated heterocycles. The predicted molar refractivity (Wildman–Crippen MR) is 118 cm³/mol. The first-order valence-electron chi connectivity index (χ1n) is 9.79. The minimum atomic E-state index is -0.223. The molecule has 1 amide bonds. The smallest absolute Gasteiger partial charge is 0.274 e. The van der Waals surface area contributed by atoms with E-state index in [1.807, 2.05) is 48.5 Å². The van der Waals surface area contributed by atoms with Crippen LogP contribution in [0.2, 0.25) is 0 Å². The average molecular weight is 389 g/mol. The van der Waals surface area contributed by atoms with Crippen LogP contribution in [0.3, 0.4) is 0 Å². The molecule has 1 heterocycles. The van der Waals surface area contributed by atoms with Gasteiger partial charge >= 0.3 is 0 Å². The van der Waals surface area contributed by atoms with E-state index in [-0.39, 0.29) is 5.91 Å². The molecule has 0 unspecified atom stereocenters. The second-order valence-corrected chi connectivity index (χ2v) is 7.19. The number of amides is 1. The second-order valence-electron chi connectivity index (χ2n) is 7.19. The van der Waals surface area contributed by atoms with Crippen LogP contribution in [0.5, 0.6) is 5.75 Å².